The maximum absolute atomic E-state index is 10.7. The van der Waals surface area contributed by atoms with E-state index >= 15 is 0 Å². The maximum Gasteiger partial charge on any atom is 0.371 e. The molecule has 1 N–H and O–H groups in total. The number of aromatic carboxylic acids is 1. The molecule has 1 unspecified atom stereocenters. The lowest BCUT2D eigenvalue weighted by molar-refractivity contribution is 0.0655. The Kier molecular flexibility index (Phi) is 3.75. The van der Waals surface area contributed by atoms with Crippen LogP contribution in [-0.2, 0) is 0 Å². The van der Waals surface area contributed by atoms with E-state index in [9.17, 15) is 4.79 Å². The predicted molar refractivity (Wildman–Crippen MR) is 67.7 cm³/mol. The van der Waals surface area contributed by atoms with Gasteiger partial charge in [-0.25, -0.2) is 4.79 Å². The van der Waals surface area contributed by atoms with Crippen LogP contribution in [0.25, 0.3) is 0 Å². The minimum Gasteiger partial charge on any atom is -0.497 e. The Morgan fingerprint density at radius 1 is 1.16 bits per heavy atom. The van der Waals surface area contributed by atoms with E-state index in [-0.39, 0.29) is 11.9 Å². The zero-order valence-electron chi connectivity index (χ0n) is 10.6. The Balaban J connectivity index is 2.06. The molecule has 1 atom stereocenters. The van der Waals surface area contributed by atoms with Gasteiger partial charge < -0.3 is 19.0 Å². The molecule has 0 amide bonds. The zero-order valence-corrected chi connectivity index (χ0v) is 10.6. The molecule has 0 radical (unpaired) electrons. The maximum atomic E-state index is 10.7. The first-order valence-corrected chi connectivity index (χ1v) is 5.74. The van der Waals surface area contributed by atoms with Crippen LogP contribution < -0.4 is 9.47 Å². The van der Waals surface area contributed by atoms with Crippen LogP contribution in [0.1, 0.15) is 29.3 Å². The normalized spacial score (nSPS) is 11.9. The van der Waals surface area contributed by atoms with Crippen molar-refractivity contribution in [2.45, 2.75) is 13.0 Å². The van der Waals surface area contributed by atoms with Crippen molar-refractivity contribution in [2.24, 2.45) is 0 Å². The van der Waals surface area contributed by atoms with E-state index in [1.165, 1.54) is 6.07 Å². The van der Waals surface area contributed by atoms with Crippen molar-refractivity contribution in [2.75, 3.05) is 7.11 Å². The molecular formula is C14H14O5. The van der Waals surface area contributed by atoms with Crippen LogP contribution in [0, 0.1) is 0 Å². The number of carboxylic acid groups (broad SMARTS) is 1. The first kappa shape index (κ1) is 13.0. The number of hydrogen-bond acceptors (Lipinski definition) is 4. The minimum atomic E-state index is -1.09. The second-order valence-corrected chi connectivity index (χ2v) is 3.94. The van der Waals surface area contributed by atoms with Crippen molar-refractivity contribution < 1.29 is 23.8 Å². The van der Waals surface area contributed by atoms with E-state index in [1.807, 2.05) is 0 Å². The molecule has 2 aromatic rings. The number of furan rings is 1. The van der Waals surface area contributed by atoms with Crippen molar-refractivity contribution in [3.63, 3.8) is 0 Å². The van der Waals surface area contributed by atoms with Crippen molar-refractivity contribution in [1.82, 2.24) is 0 Å². The summed E-state index contributed by atoms with van der Waals surface area (Å²) in [7, 11) is 1.59. The fraction of sp³-hybridized carbons (Fsp3) is 0.214. The molecule has 1 heterocycles. The number of rotatable bonds is 5. The Hall–Kier alpha value is -2.43. The van der Waals surface area contributed by atoms with Crippen molar-refractivity contribution >= 4 is 5.97 Å². The molecule has 0 saturated heterocycles. The topological polar surface area (TPSA) is 68.9 Å². The lowest BCUT2D eigenvalue weighted by atomic mass is 10.3. The summed E-state index contributed by atoms with van der Waals surface area (Å²) in [6, 6.07) is 10.1. The van der Waals surface area contributed by atoms with E-state index in [2.05, 4.69) is 0 Å². The molecule has 0 bridgehead atoms. The number of ether oxygens (including phenoxy) is 2. The lowest BCUT2D eigenvalue weighted by Crippen LogP contribution is -2.02. The number of methoxy groups -OCH3 is 1. The van der Waals surface area contributed by atoms with Gasteiger partial charge in [0.1, 0.15) is 17.3 Å². The molecule has 0 fully saturated rings. The quantitative estimate of drug-likeness (QED) is 0.896. The Morgan fingerprint density at radius 3 is 2.32 bits per heavy atom. The summed E-state index contributed by atoms with van der Waals surface area (Å²) in [4.78, 5) is 10.7. The van der Waals surface area contributed by atoms with Crippen molar-refractivity contribution in [3.05, 3.63) is 47.9 Å². The molecule has 1 aromatic heterocycles. The van der Waals surface area contributed by atoms with Crippen LogP contribution in [0.15, 0.2) is 40.8 Å². The second-order valence-electron chi connectivity index (χ2n) is 3.94. The minimum absolute atomic E-state index is 0.0971. The van der Waals surface area contributed by atoms with E-state index in [0.717, 1.165) is 5.75 Å². The molecule has 1 aromatic carbocycles. The SMILES string of the molecule is COc1ccc(OC(C)c2ccc(C(=O)O)o2)cc1. The fourth-order valence-corrected chi connectivity index (χ4v) is 1.60. The number of carbonyl (C=O) groups is 1. The Morgan fingerprint density at radius 2 is 1.79 bits per heavy atom. The number of hydrogen-bond donors (Lipinski definition) is 1. The van der Waals surface area contributed by atoms with E-state index in [1.54, 1.807) is 44.4 Å². The largest absolute Gasteiger partial charge is 0.497 e. The predicted octanol–water partition coefficient (Wildman–Crippen LogP) is 3.13. The van der Waals surface area contributed by atoms with Gasteiger partial charge in [0.05, 0.1) is 7.11 Å². The summed E-state index contributed by atoms with van der Waals surface area (Å²) in [5.74, 6) is 0.670. The van der Waals surface area contributed by atoms with Gasteiger partial charge >= 0.3 is 5.97 Å². The van der Waals surface area contributed by atoms with Crippen LogP contribution in [-0.4, -0.2) is 18.2 Å². The average Bonchev–Trinajstić information content (AvgIpc) is 2.89. The van der Waals surface area contributed by atoms with Crippen LogP contribution in [0.5, 0.6) is 11.5 Å². The van der Waals surface area contributed by atoms with Gasteiger partial charge in [0.25, 0.3) is 0 Å². The van der Waals surface area contributed by atoms with Gasteiger partial charge in [-0.15, -0.1) is 0 Å². The summed E-state index contributed by atoms with van der Waals surface area (Å²) in [5.41, 5.74) is 0. The fourth-order valence-electron chi connectivity index (χ4n) is 1.60. The van der Waals surface area contributed by atoms with Crippen molar-refractivity contribution in [3.8, 4) is 11.5 Å². The van der Waals surface area contributed by atoms with Gasteiger partial charge in [0, 0.05) is 0 Å². The summed E-state index contributed by atoms with van der Waals surface area (Å²) in [6.45, 7) is 1.79. The molecule has 19 heavy (non-hydrogen) atoms. The highest BCUT2D eigenvalue weighted by molar-refractivity contribution is 5.84. The Bertz CT molecular complexity index is 555. The summed E-state index contributed by atoms with van der Waals surface area (Å²) < 4.78 is 15.9. The summed E-state index contributed by atoms with van der Waals surface area (Å²) in [5, 5.41) is 8.78. The van der Waals surface area contributed by atoms with Gasteiger partial charge in [-0.05, 0) is 43.3 Å². The molecule has 0 aliphatic rings. The van der Waals surface area contributed by atoms with E-state index in [0.29, 0.717) is 11.5 Å². The third-order valence-electron chi connectivity index (χ3n) is 2.61. The molecule has 5 nitrogen and oxygen atoms in total. The van der Waals surface area contributed by atoms with Crippen LogP contribution in [0.2, 0.25) is 0 Å². The number of benzene rings is 1. The van der Waals surface area contributed by atoms with Crippen LogP contribution in [0.4, 0.5) is 0 Å². The first-order valence-electron chi connectivity index (χ1n) is 5.74. The molecule has 100 valence electrons. The molecule has 5 heteroatoms. The van der Waals surface area contributed by atoms with Crippen molar-refractivity contribution in [1.29, 1.82) is 0 Å². The summed E-state index contributed by atoms with van der Waals surface area (Å²) in [6.07, 6.45) is -0.374. The second kappa shape index (κ2) is 5.48. The highest BCUT2D eigenvalue weighted by atomic mass is 16.5. The van der Waals surface area contributed by atoms with E-state index < -0.39 is 5.97 Å². The monoisotopic (exact) mass is 262 g/mol. The van der Waals surface area contributed by atoms with Crippen LogP contribution in [0.3, 0.4) is 0 Å². The van der Waals surface area contributed by atoms with Gasteiger partial charge in [0.15, 0.2) is 6.10 Å². The average molecular weight is 262 g/mol. The smallest absolute Gasteiger partial charge is 0.371 e. The van der Waals surface area contributed by atoms with Gasteiger partial charge in [-0.1, -0.05) is 0 Å². The van der Waals surface area contributed by atoms with Gasteiger partial charge in [-0.3, -0.25) is 0 Å². The lowest BCUT2D eigenvalue weighted by Gasteiger charge is -2.12. The Labute approximate surface area is 110 Å². The summed E-state index contributed by atoms with van der Waals surface area (Å²) >= 11 is 0. The highest BCUT2D eigenvalue weighted by Gasteiger charge is 2.15. The van der Waals surface area contributed by atoms with Crippen LogP contribution >= 0.6 is 0 Å². The third-order valence-corrected chi connectivity index (χ3v) is 2.61. The molecule has 0 aliphatic heterocycles. The third kappa shape index (κ3) is 3.07. The molecular weight excluding hydrogens is 248 g/mol. The highest BCUT2D eigenvalue weighted by Crippen LogP contribution is 2.25. The number of carboxylic acids is 1. The molecule has 2 rings (SSSR count). The van der Waals surface area contributed by atoms with E-state index in [4.69, 9.17) is 19.0 Å². The molecule has 0 saturated carbocycles. The first-order chi connectivity index (χ1) is 9.10. The standard InChI is InChI=1S/C14H14O5/c1-9(12-7-8-13(19-12)14(15)16)18-11-5-3-10(17-2)4-6-11/h3-9H,1-2H3,(H,15,16). The molecule has 0 aliphatic carbocycles. The zero-order chi connectivity index (χ0) is 13.8. The molecule has 0 spiro atoms. The van der Waals surface area contributed by atoms with Gasteiger partial charge in [0.2, 0.25) is 5.76 Å². The van der Waals surface area contributed by atoms with Gasteiger partial charge in [-0.2, -0.15) is 0 Å².